The summed E-state index contributed by atoms with van der Waals surface area (Å²) in [5.74, 6) is 0.862. The fraction of sp³-hybridized carbons (Fsp3) is 0.545. The molecule has 2 rings (SSSR count). The van der Waals surface area contributed by atoms with Crippen LogP contribution in [0, 0.1) is 0 Å². The van der Waals surface area contributed by atoms with Crippen LogP contribution in [0.5, 0.6) is 5.88 Å². The van der Waals surface area contributed by atoms with Gasteiger partial charge < -0.3 is 21.1 Å². The van der Waals surface area contributed by atoms with Crippen molar-refractivity contribution >= 4 is 17.4 Å². The first-order valence-corrected chi connectivity index (χ1v) is 5.88. The normalized spacial score (nSPS) is 14.1. The van der Waals surface area contributed by atoms with Crippen LogP contribution in [0.4, 0.5) is 11.5 Å². The Morgan fingerprint density at radius 2 is 2.33 bits per heavy atom. The summed E-state index contributed by atoms with van der Waals surface area (Å²) in [5.41, 5.74) is 6.14. The molecule has 1 fully saturated rings. The van der Waals surface area contributed by atoms with Gasteiger partial charge in [-0.05, 0) is 12.8 Å². The van der Waals surface area contributed by atoms with Crippen molar-refractivity contribution in [1.29, 1.82) is 0 Å². The van der Waals surface area contributed by atoms with E-state index in [1.165, 1.54) is 13.4 Å². The first kappa shape index (κ1) is 12.4. The molecular formula is C11H17N5O2. The van der Waals surface area contributed by atoms with Crippen LogP contribution in [-0.2, 0) is 4.79 Å². The monoisotopic (exact) mass is 251 g/mol. The molecule has 1 aliphatic rings. The van der Waals surface area contributed by atoms with Gasteiger partial charge in [0.15, 0.2) is 5.82 Å². The number of hydrogen-bond donors (Lipinski definition) is 3. The minimum absolute atomic E-state index is 0.0459. The highest BCUT2D eigenvalue weighted by molar-refractivity contribution is 5.77. The van der Waals surface area contributed by atoms with E-state index >= 15 is 0 Å². The molecule has 0 radical (unpaired) electrons. The number of anilines is 2. The highest BCUT2D eigenvalue weighted by atomic mass is 16.5. The molecule has 1 heterocycles. The molecule has 1 aromatic rings. The van der Waals surface area contributed by atoms with Gasteiger partial charge in [-0.25, -0.2) is 4.98 Å². The molecule has 0 aromatic carbocycles. The summed E-state index contributed by atoms with van der Waals surface area (Å²) in [5, 5.41) is 5.90. The number of methoxy groups -OCH3 is 1. The second-order valence-corrected chi connectivity index (χ2v) is 4.16. The van der Waals surface area contributed by atoms with Crippen molar-refractivity contribution in [2.75, 3.05) is 24.7 Å². The minimum atomic E-state index is 0.0459. The number of hydrogen-bond acceptors (Lipinski definition) is 6. The average Bonchev–Trinajstić information content (AvgIpc) is 3.15. The summed E-state index contributed by atoms with van der Waals surface area (Å²) in [6.45, 7) is 0.475. The molecule has 1 aromatic heterocycles. The number of nitrogens with one attached hydrogen (secondary N) is 2. The number of ether oxygens (including phenoxy) is 1. The number of nitrogen functional groups attached to an aromatic ring is 1. The number of amides is 1. The summed E-state index contributed by atoms with van der Waals surface area (Å²) in [4.78, 5) is 19.3. The maximum Gasteiger partial charge on any atom is 0.242 e. The first-order chi connectivity index (χ1) is 8.70. The molecule has 0 atom stereocenters. The lowest BCUT2D eigenvalue weighted by molar-refractivity contribution is -0.120. The average molecular weight is 251 g/mol. The Labute approximate surface area is 105 Å². The van der Waals surface area contributed by atoms with Crippen LogP contribution < -0.4 is 21.1 Å². The van der Waals surface area contributed by atoms with Crippen LogP contribution in [0.3, 0.4) is 0 Å². The van der Waals surface area contributed by atoms with Gasteiger partial charge >= 0.3 is 0 Å². The van der Waals surface area contributed by atoms with Crippen molar-refractivity contribution in [3.63, 3.8) is 0 Å². The molecule has 0 spiro atoms. The molecule has 1 aliphatic carbocycles. The Hall–Kier alpha value is -2.05. The summed E-state index contributed by atoms with van der Waals surface area (Å²) in [6, 6.07) is 0.390. The van der Waals surface area contributed by atoms with E-state index in [1.807, 2.05) is 0 Å². The van der Waals surface area contributed by atoms with Gasteiger partial charge in [0, 0.05) is 19.0 Å². The Bertz CT molecular complexity index is 433. The Morgan fingerprint density at radius 3 is 3.00 bits per heavy atom. The van der Waals surface area contributed by atoms with Crippen molar-refractivity contribution in [3.8, 4) is 5.88 Å². The fourth-order valence-electron chi connectivity index (χ4n) is 1.50. The van der Waals surface area contributed by atoms with Gasteiger partial charge in [0.25, 0.3) is 0 Å². The molecule has 7 heteroatoms. The number of nitrogens with two attached hydrogens (primary N) is 1. The molecule has 4 N–H and O–H groups in total. The van der Waals surface area contributed by atoms with E-state index in [0.29, 0.717) is 36.4 Å². The van der Waals surface area contributed by atoms with Gasteiger partial charge in [-0.15, -0.1) is 0 Å². The molecule has 7 nitrogen and oxygen atoms in total. The molecule has 1 amide bonds. The van der Waals surface area contributed by atoms with Crippen LogP contribution in [0.2, 0.25) is 0 Å². The van der Waals surface area contributed by atoms with Crippen molar-refractivity contribution in [1.82, 2.24) is 15.3 Å². The standard InChI is InChI=1S/C11H17N5O2/c1-18-11-9(12)10(14-6-15-11)13-5-4-8(17)16-7-2-3-7/h6-7H,2-5,12H2,1H3,(H,16,17)(H,13,14,15). The molecule has 18 heavy (non-hydrogen) atoms. The fourth-order valence-corrected chi connectivity index (χ4v) is 1.50. The summed E-state index contributed by atoms with van der Waals surface area (Å²) < 4.78 is 4.98. The smallest absolute Gasteiger partial charge is 0.242 e. The lowest BCUT2D eigenvalue weighted by Gasteiger charge is -2.09. The lowest BCUT2D eigenvalue weighted by atomic mass is 10.3. The predicted octanol–water partition coefficient (Wildman–Crippen LogP) is 0.148. The second-order valence-electron chi connectivity index (χ2n) is 4.16. The number of carbonyl (C=O) groups excluding carboxylic acids is 1. The van der Waals surface area contributed by atoms with Gasteiger partial charge in [0.1, 0.15) is 12.0 Å². The van der Waals surface area contributed by atoms with E-state index in [9.17, 15) is 4.79 Å². The molecule has 98 valence electrons. The van der Waals surface area contributed by atoms with E-state index in [2.05, 4.69) is 20.6 Å². The first-order valence-electron chi connectivity index (χ1n) is 5.88. The number of nitrogens with zero attached hydrogens (tertiary/aromatic N) is 2. The minimum Gasteiger partial charge on any atom is -0.479 e. The Balaban J connectivity index is 1.80. The predicted molar refractivity (Wildman–Crippen MR) is 67.3 cm³/mol. The highest BCUT2D eigenvalue weighted by Crippen LogP contribution is 2.23. The maximum absolute atomic E-state index is 11.5. The van der Waals surface area contributed by atoms with Crippen molar-refractivity contribution < 1.29 is 9.53 Å². The topological polar surface area (TPSA) is 102 Å². The van der Waals surface area contributed by atoms with E-state index in [0.717, 1.165) is 12.8 Å². The number of aromatic nitrogens is 2. The highest BCUT2D eigenvalue weighted by Gasteiger charge is 2.22. The summed E-state index contributed by atoms with van der Waals surface area (Å²) in [6.07, 6.45) is 3.94. The van der Waals surface area contributed by atoms with Crippen molar-refractivity contribution in [2.45, 2.75) is 25.3 Å². The summed E-state index contributed by atoms with van der Waals surface area (Å²) in [7, 11) is 1.49. The van der Waals surface area contributed by atoms with Crippen molar-refractivity contribution in [2.24, 2.45) is 0 Å². The van der Waals surface area contributed by atoms with Crippen molar-refractivity contribution in [3.05, 3.63) is 6.33 Å². The number of rotatable bonds is 6. The molecule has 0 aliphatic heterocycles. The molecule has 0 saturated heterocycles. The number of carbonyl (C=O) groups is 1. The van der Waals surface area contributed by atoms with Gasteiger partial charge in [-0.3, -0.25) is 4.79 Å². The van der Waals surface area contributed by atoms with Gasteiger partial charge in [0.2, 0.25) is 11.8 Å². The van der Waals surface area contributed by atoms with Crippen LogP contribution >= 0.6 is 0 Å². The molecule has 1 saturated carbocycles. The zero-order valence-corrected chi connectivity index (χ0v) is 10.3. The zero-order chi connectivity index (χ0) is 13.0. The van der Waals surface area contributed by atoms with Crippen LogP contribution in [-0.4, -0.2) is 35.6 Å². The Morgan fingerprint density at radius 1 is 1.56 bits per heavy atom. The van der Waals surface area contributed by atoms with E-state index in [-0.39, 0.29) is 5.91 Å². The summed E-state index contributed by atoms with van der Waals surface area (Å²) >= 11 is 0. The quantitative estimate of drug-likeness (QED) is 0.665. The lowest BCUT2D eigenvalue weighted by Crippen LogP contribution is -2.27. The van der Waals surface area contributed by atoms with Crippen LogP contribution in [0.15, 0.2) is 6.33 Å². The third kappa shape index (κ3) is 3.22. The Kier molecular flexibility index (Phi) is 3.81. The van der Waals surface area contributed by atoms with Crippen LogP contribution in [0.1, 0.15) is 19.3 Å². The third-order valence-corrected chi connectivity index (χ3v) is 2.63. The van der Waals surface area contributed by atoms with E-state index < -0.39 is 0 Å². The van der Waals surface area contributed by atoms with Gasteiger partial charge in [-0.1, -0.05) is 0 Å². The van der Waals surface area contributed by atoms with Gasteiger partial charge in [0.05, 0.1) is 7.11 Å². The molecule has 0 unspecified atom stereocenters. The molecule has 0 bridgehead atoms. The van der Waals surface area contributed by atoms with Gasteiger partial charge in [-0.2, -0.15) is 4.98 Å². The van der Waals surface area contributed by atoms with Crippen LogP contribution in [0.25, 0.3) is 0 Å². The maximum atomic E-state index is 11.5. The SMILES string of the molecule is COc1ncnc(NCCC(=O)NC2CC2)c1N. The van der Waals surface area contributed by atoms with E-state index in [4.69, 9.17) is 10.5 Å². The van der Waals surface area contributed by atoms with E-state index in [1.54, 1.807) is 0 Å². The largest absolute Gasteiger partial charge is 0.479 e. The zero-order valence-electron chi connectivity index (χ0n) is 10.3. The molecular weight excluding hydrogens is 234 g/mol. The third-order valence-electron chi connectivity index (χ3n) is 2.63. The second kappa shape index (κ2) is 5.52.